The lowest BCUT2D eigenvalue weighted by atomic mass is 10.1. The Labute approximate surface area is 165 Å². The van der Waals surface area contributed by atoms with E-state index in [2.05, 4.69) is 16.0 Å². The summed E-state index contributed by atoms with van der Waals surface area (Å²) < 4.78 is 0. The fraction of sp³-hybridized carbons (Fsp3) is 0.600. The maximum Gasteiger partial charge on any atom is 0.325 e. The van der Waals surface area contributed by atoms with Crippen LogP contribution >= 0.6 is 0 Å². The molecule has 0 rings (SSSR count). The first kappa shape index (κ1) is 25.7. The van der Waals surface area contributed by atoms with Gasteiger partial charge in [-0.15, -0.1) is 0 Å². The Balaban J connectivity index is 5.32. The van der Waals surface area contributed by atoms with Gasteiger partial charge in [0, 0.05) is 0 Å². The summed E-state index contributed by atoms with van der Waals surface area (Å²) in [5.41, 5.74) is 15.4. The Hall–Kier alpha value is -3.26. The fourth-order valence-electron chi connectivity index (χ4n) is 2.02. The molecule has 29 heavy (non-hydrogen) atoms. The first-order chi connectivity index (χ1) is 13.3. The molecule has 0 fully saturated rings. The average Bonchev–Trinajstić information content (AvgIpc) is 2.56. The number of carbonyl (C=O) groups is 6. The average molecular weight is 418 g/mol. The number of carbonyl (C=O) groups excluding carboxylic acids is 5. The molecule has 0 heterocycles. The molecule has 0 saturated carbocycles. The minimum absolute atomic E-state index is 0.525. The maximum absolute atomic E-state index is 12.4. The standard InChI is InChI=1S/C15H26N6O8/c1-5(15(28)29)19-14(27)11(6(2)22)21-13(26)8(4-10(18)24)20-12(25)7(16)3-9(17)23/h5-8,11,22H,3-4,16H2,1-2H3,(H2,17,23)(H2,18,24)(H,19,27)(H,20,25)(H,21,26)(H,28,29). The minimum Gasteiger partial charge on any atom is -0.480 e. The molecule has 164 valence electrons. The zero-order chi connectivity index (χ0) is 22.9. The van der Waals surface area contributed by atoms with Gasteiger partial charge < -0.3 is 43.4 Å². The molecule has 5 amide bonds. The van der Waals surface area contributed by atoms with Crippen molar-refractivity contribution < 1.29 is 39.0 Å². The molecule has 0 aromatic heterocycles. The molecule has 0 aliphatic rings. The topological polar surface area (TPSA) is 257 Å². The Kier molecular flexibility index (Phi) is 10.3. The number of aliphatic carboxylic acids is 1. The van der Waals surface area contributed by atoms with Gasteiger partial charge in [-0.05, 0) is 13.8 Å². The van der Waals surface area contributed by atoms with Gasteiger partial charge in [-0.3, -0.25) is 28.8 Å². The Morgan fingerprint density at radius 2 is 1.34 bits per heavy atom. The number of primary amides is 2. The quantitative estimate of drug-likeness (QED) is 0.151. The van der Waals surface area contributed by atoms with E-state index in [1.54, 1.807) is 0 Å². The SMILES string of the molecule is CC(NC(=O)C(NC(=O)C(CC(N)=O)NC(=O)C(N)CC(N)=O)C(C)O)C(=O)O. The smallest absolute Gasteiger partial charge is 0.325 e. The summed E-state index contributed by atoms with van der Waals surface area (Å²) >= 11 is 0. The summed E-state index contributed by atoms with van der Waals surface area (Å²) in [6.45, 7) is 2.32. The van der Waals surface area contributed by atoms with Crippen molar-refractivity contribution in [2.24, 2.45) is 17.2 Å². The number of amides is 5. The largest absolute Gasteiger partial charge is 0.480 e. The summed E-state index contributed by atoms with van der Waals surface area (Å²) in [7, 11) is 0. The molecule has 0 aromatic carbocycles. The zero-order valence-electron chi connectivity index (χ0n) is 15.9. The van der Waals surface area contributed by atoms with Crippen molar-refractivity contribution in [1.29, 1.82) is 0 Å². The fourth-order valence-corrected chi connectivity index (χ4v) is 2.02. The third kappa shape index (κ3) is 9.48. The minimum atomic E-state index is -1.60. The lowest BCUT2D eigenvalue weighted by molar-refractivity contribution is -0.142. The van der Waals surface area contributed by atoms with Crippen LogP contribution < -0.4 is 33.2 Å². The second-order valence-corrected chi connectivity index (χ2v) is 6.30. The molecule has 0 aromatic rings. The van der Waals surface area contributed by atoms with E-state index in [4.69, 9.17) is 22.3 Å². The number of carboxylic acids is 1. The van der Waals surface area contributed by atoms with Gasteiger partial charge in [-0.2, -0.15) is 0 Å². The number of carboxylic acid groups (broad SMARTS) is 1. The summed E-state index contributed by atoms with van der Waals surface area (Å²) in [5.74, 6) is -6.28. The van der Waals surface area contributed by atoms with Crippen molar-refractivity contribution in [2.75, 3.05) is 0 Å². The first-order valence-corrected chi connectivity index (χ1v) is 8.40. The Morgan fingerprint density at radius 1 is 0.828 bits per heavy atom. The van der Waals surface area contributed by atoms with E-state index in [0.717, 1.165) is 13.8 Å². The second-order valence-electron chi connectivity index (χ2n) is 6.30. The maximum atomic E-state index is 12.4. The highest BCUT2D eigenvalue weighted by Crippen LogP contribution is 2.00. The highest BCUT2D eigenvalue weighted by Gasteiger charge is 2.32. The van der Waals surface area contributed by atoms with Crippen LogP contribution in [0.1, 0.15) is 26.7 Å². The molecule has 0 saturated heterocycles. The number of hydrogen-bond donors (Lipinski definition) is 8. The highest BCUT2D eigenvalue weighted by molar-refractivity contribution is 5.97. The van der Waals surface area contributed by atoms with Crippen LogP contribution in [-0.4, -0.2) is 76.0 Å². The van der Waals surface area contributed by atoms with Crippen LogP contribution in [0.15, 0.2) is 0 Å². The van der Waals surface area contributed by atoms with Crippen LogP contribution in [0.5, 0.6) is 0 Å². The van der Waals surface area contributed by atoms with Crippen molar-refractivity contribution in [3.8, 4) is 0 Å². The number of aliphatic hydroxyl groups excluding tert-OH is 1. The van der Waals surface area contributed by atoms with Gasteiger partial charge in [0.1, 0.15) is 18.1 Å². The number of aliphatic hydroxyl groups is 1. The van der Waals surface area contributed by atoms with Crippen LogP contribution in [0.3, 0.4) is 0 Å². The molecular formula is C15H26N6O8. The van der Waals surface area contributed by atoms with E-state index in [-0.39, 0.29) is 0 Å². The van der Waals surface area contributed by atoms with E-state index in [9.17, 15) is 33.9 Å². The molecule has 5 atom stereocenters. The molecule has 5 unspecified atom stereocenters. The zero-order valence-corrected chi connectivity index (χ0v) is 15.9. The third-order valence-corrected chi connectivity index (χ3v) is 3.59. The monoisotopic (exact) mass is 418 g/mol. The van der Waals surface area contributed by atoms with Crippen molar-refractivity contribution in [3.63, 3.8) is 0 Å². The van der Waals surface area contributed by atoms with Gasteiger partial charge in [-0.1, -0.05) is 0 Å². The van der Waals surface area contributed by atoms with Crippen molar-refractivity contribution in [3.05, 3.63) is 0 Å². The van der Waals surface area contributed by atoms with E-state index in [1.165, 1.54) is 0 Å². The molecule has 11 N–H and O–H groups in total. The van der Waals surface area contributed by atoms with Crippen molar-refractivity contribution in [2.45, 2.75) is 57.0 Å². The normalized spacial score (nSPS) is 15.7. The van der Waals surface area contributed by atoms with E-state index in [0.29, 0.717) is 0 Å². The van der Waals surface area contributed by atoms with Crippen LogP contribution in [0.4, 0.5) is 0 Å². The lowest BCUT2D eigenvalue weighted by Gasteiger charge is -2.25. The predicted octanol–water partition coefficient (Wildman–Crippen LogP) is -5.00. The Morgan fingerprint density at radius 3 is 1.76 bits per heavy atom. The van der Waals surface area contributed by atoms with Crippen LogP contribution in [0, 0.1) is 0 Å². The van der Waals surface area contributed by atoms with Gasteiger partial charge in [0.15, 0.2) is 0 Å². The first-order valence-electron chi connectivity index (χ1n) is 8.40. The van der Waals surface area contributed by atoms with Gasteiger partial charge in [0.25, 0.3) is 0 Å². The van der Waals surface area contributed by atoms with Crippen molar-refractivity contribution in [1.82, 2.24) is 16.0 Å². The highest BCUT2D eigenvalue weighted by atomic mass is 16.4. The molecule has 0 bridgehead atoms. The van der Waals surface area contributed by atoms with Crippen LogP contribution in [0.25, 0.3) is 0 Å². The van der Waals surface area contributed by atoms with Gasteiger partial charge in [0.2, 0.25) is 29.5 Å². The van der Waals surface area contributed by atoms with E-state index in [1.807, 2.05) is 0 Å². The predicted molar refractivity (Wildman–Crippen MR) is 96.4 cm³/mol. The summed E-state index contributed by atoms with van der Waals surface area (Å²) in [4.78, 5) is 69.4. The third-order valence-electron chi connectivity index (χ3n) is 3.59. The van der Waals surface area contributed by atoms with Crippen LogP contribution in [-0.2, 0) is 28.8 Å². The molecule has 0 aliphatic heterocycles. The molecular weight excluding hydrogens is 392 g/mol. The van der Waals surface area contributed by atoms with Crippen molar-refractivity contribution >= 4 is 35.5 Å². The molecule has 14 nitrogen and oxygen atoms in total. The number of nitrogens with one attached hydrogen (secondary N) is 3. The van der Waals surface area contributed by atoms with Gasteiger partial charge in [-0.25, -0.2) is 0 Å². The molecule has 0 aliphatic carbocycles. The Bertz CT molecular complexity index is 667. The van der Waals surface area contributed by atoms with Gasteiger partial charge >= 0.3 is 5.97 Å². The summed E-state index contributed by atoms with van der Waals surface area (Å²) in [6.07, 6.45) is -2.66. The van der Waals surface area contributed by atoms with Crippen LogP contribution in [0.2, 0.25) is 0 Å². The molecule has 0 spiro atoms. The van der Waals surface area contributed by atoms with E-state index >= 15 is 0 Å². The van der Waals surface area contributed by atoms with Gasteiger partial charge in [0.05, 0.1) is 25.0 Å². The molecule has 0 radical (unpaired) electrons. The molecule has 14 heteroatoms. The number of rotatable bonds is 12. The lowest BCUT2D eigenvalue weighted by Crippen LogP contribution is -2.60. The number of nitrogens with two attached hydrogens (primary N) is 3. The summed E-state index contributed by atoms with van der Waals surface area (Å²) in [5, 5.41) is 24.8. The summed E-state index contributed by atoms with van der Waals surface area (Å²) in [6, 6.07) is -5.89. The second kappa shape index (κ2) is 11.6. The van der Waals surface area contributed by atoms with E-state index < -0.39 is 78.6 Å². The number of hydrogen-bond acceptors (Lipinski definition) is 8.